The molecule has 1 atom stereocenters. The van der Waals surface area contributed by atoms with Gasteiger partial charge in [-0.2, -0.15) is 0 Å². The first-order valence-electron chi connectivity index (χ1n) is 8.65. The van der Waals surface area contributed by atoms with Gasteiger partial charge in [-0.15, -0.1) is 0 Å². The lowest BCUT2D eigenvalue weighted by Crippen LogP contribution is -2.47. The normalized spacial score (nSPS) is 28.6. The summed E-state index contributed by atoms with van der Waals surface area (Å²) < 4.78 is 0. The molecule has 1 unspecified atom stereocenters. The SMILES string of the molecule is O=C1NC2(CCCC2)C(=O)N1CCN1CCCCC1CCO. The number of nitrogens with one attached hydrogen (secondary N) is 1. The lowest BCUT2D eigenvalue weighted by molar-refractivity contribution is -0.131. The molecular formula is C16H27N3O3. The first-order valence-corrected chi connectivity index (χ1v) is 8.65. The van der Waals surface area contributed by atoms with E-state index in [9.17, 15) is 14.7 Å². The quantitative estimate of drug-likeness (QED) is 0.746. The van der Waals surface area contributed by atoms with E-state index in [0.717, 1.165) is 58.0 Å². The Kier molecular flexibility index (Phi) is 4.68. The minimum atomic E-state index is -0.594. The van der Waals surface area contributed by atoms with E-state index in [4.69, 9.17) is 0 Å². The summed E-state index contributed by atoms with van der Waals surface area (Å²) in [5.41, 5.74) is -0.594. The van der Waals surface area contributed by atoms with Gasteiger partial charge in [0.15, 0.2) is 0 Å². The minimum Gasteiger partial charge on any atom is -0.396 e. The van der Waals surface area contributed by atoms with E-state index in [0.29, 0.717) is 12.6 Å². The Morgan fingerprint density at radius 3 is 2.64 bits per heavy atom. The minimum absolute atomic E-state index is 0.0225. The smallest absolute Gasteiger partial charge is 0.325 e. The van der Waals surface area contributed by atoms with Gasteiger partial charge in [-0.3, -0.25) is 14.6 Å². The zero-order valence-corrected chi connectivity index (χ0v) is 13.2. The van der Waals surface area contributed by atoms with Gasteiger partial charge in [-0.05, 0) is 38.6 Å². The van der Waals surface area contributed by atoms with Gasteiger partial charge in [-0.25, -0.2) is 4.79 Å². The van der Waals surface area contributed by atoms with Crippen LogP contribution in [-0.2, 0) is 4.79 Å². The number of carbonyl (C=O) groups is 2. The molecule has 3 rings (SSSR count). The van der Waals surface area contributed by atoms with Gasteiger partial charge in [0, 0.05) is 25.7 Å². The molecular weight excluding hydrogens is 282 g/mol. The van der Waals surface area contributed by atoms with E-state index in [1.165, 1.54) is 11.3 Å². The van der Waals surface area contributed by atoms with Crippen LogP contribution >= 0.6 is 0 Å². The zero-order chi connectivity index (χ0) is 15.6. The fourth-order valence-electron chi connectivity index (χ4n) is 4.26. The van der Waals surface area contributed by atoms with Crippen LogP contribution in [0, 0.1) is 0 Å². The standard InChI is InChI=1S/C16H27N3O3/c20-12-6-13-5-1-4-9-18(13)10-11-19-14(21)16(17-15(19)22)7-2-3-8-16/h13,20H,1-12H2,(H,17,22). The molecule has 0 aromatic carbocycles. The van der Waals surface area contributed by atoms with Gasteiger partial charge in [-0.1, -0.05) is 19.3 Å². The Labute approximate surface area is 131 Å². The number of carbonyl (C=O) groups excluding carboxylic acids is 2. The molecule has 2 N–H and O–H groups in total. The second-order valence-corrected chi connectivity index (χ2v) is 6.87. The summed E-state index contributed by atoms with van der Waals surface area (Å²) in [7, 11) is 0. The van der Waals surface area contributed by atoms with Crippen LogP contribution in [0.1, 0.15) is 51.4 Å². The Morgan fingerprint density at radius 1 is 1.14 bits per heavy atom. The molecule has 2 heterocycles. The van der Waals surface area contributed by atoms with Crippen molar-refractivity contribution in [1.29, 1.82) is 0 Å². The Bertz CT molecular complexity index is 432. The van der Waals surface area contributed by atoms with Crippen molar-refractivity contribution >= 4 is 11.9 Å². The topological polar surface area (TPSA) is 72.9 Å². The number of amides is 3. The molecule has 124 valence electrons. The van der Waals surface area contributed by atoms with Gasteiger partial charge in [0.05, 0.1) is 0 Å². The highest BCUT2D eigenvalue weighted by Gasteiger charge is 2.52. The molecule has 0 aromatic rings. The maximum Gasteiger partial charge on any atom is 0.325 e. The number of hydrogen-bond donors (Lipinski definition) is 2. The van der Waals surface area contributed by atoms with Crippen LogP contribution in [0.2, 0.25) is 0 Å². The van der Waals surface area contributed by atoms with Crippen LogP contribution in [0.4, 0.5) is 4.79 Å². The Hall–Kier alpha value is -1.14. The van der Waals surface area contributed by atoms with E-state index in [1.54, 1.807) is 0 Å². The Morgan fingerprint density at radius 2 is 1.91 bits per heavy atom. The monoisotopic (exact) mass is 309 g/mol. The second kappa shape index (κ2) is 6.54. The van der Waals surface area contributed by atoms with Crippen molar-refractivity contribution in [3.8, 4) is 0 Å². The third-order valence-corrected chi connectivity index (χ3v) is 5.53. The number of urea groups is 1. The lowest BCUT2D eigenvalue weighted by Gasteiger charge is -2.36. The third kappa shape index (κ3) is 2.86. The van der Waals surface area contributed by atoms with Crippen LogP contribution in [0.3, 0.4) is 0 Å². The molecule has 2 saturated heterocycles. The summed E-state index contributed by atoms with van der Waals surface area (Å²) in [6, 6.07) is 0.169. The van der Waals surface area contributed by atoms with Crippen molar-refractivity contribution in [2.45, 2.75) is 62.9 Å². The maximum atomic E-state index is 12.6. The number of imide groups is 1. The summed E-state index contributed by atoms with van der Waals surface area (Å²) in [6.07, 6.45) is 7.85. The number of likely N-dealkylation sites (tertiary alicyclic amines) is 1. The summed E-state index contributed by atoms with van der Waals surface area (Å²) >= 11 is 0. The third-order valence-electron chi connectivity index (χ3n) is 5.53. The van der Waals surface area contributed by atoms with Crippen LogP contribution in [-0.4, -0.2) is 64.7 Å². The van der Waals surface area contributed by atoms with Gasteiger partial charge in [0.25, 0.3) is 5.91 Å². The summed E-state index contributed by atoms with van der Waals surface area (Å²) in [5, 5.41) is 12.1. The van der Waals surface area contributed by atoms with Gasteiger partial charge in [0.1, 0.15) is 5.54 Å². The number of nitrogens with zero attached hydrogens (tertiary/aromatic N) is 2. The molecule has 1 spiro atoms. The van der Waals surface area contributed by atoms with E-state index in [2.05, 4.69) is 10.2 Å². The summed E-state index contributed by atoms with van der Waals surface area (Å²) in [5.74, 6) is -0.0225. The molecule has 3 fully saturated rings. The highest BCUT2D eigenvalue weighted by atomic mass is 16.3. The first kappa shape index (κ1) is 15.7. The van der Waals surface area contributed by atoms with E-state index >= 15 is 0 Å². The lowest BCUT2D eigenvalue weighted by atomic mass is 9.98. The Balaban J connectivity index is 1.58. The van der Waals surface area contributed by atoms with Crippen molar-refractivity contribution in [1.82, 2.24) is 15.1 Å². The van der Waals surface area contributed by atoms with Gasteiger partial charge >= 0.3 is 6.03 Å². The average Bonchev–Trinajstić information content (AvgIpc) is 3.06. The van der Waals surface area contributed by atoms with Crippen molar-refractivity contribution in [2.75, 3.05) is 26.2 Å². The second-order valence-electron chi connectivity index (χ2n) is 6.87. The first-order chi connectivity index (χ1) is 10.7. The molecule has 0 bridgehead atoms. The number of hydrogen-bond acceptors (Lipinski definition) is 4. The number of rotatable bonds is 5. The summed E-state index contributed by atoms with van der Waals surface area (Å²) in [6.45, 7) is 2.39. The zero-order valence-electron chi connectivity index (χ0n) is 13.2. The highest BCUT2D eigenvalue weighted by molar-refractivity contribution is 6.07. The molecule has 3 amide bonds. The van der Waals surface area contributed by atoms with Crippen LogP contribution in [0.15, 0.2) is 0 Å². The van der Waals surface area contributed by atoms with Crippen molar-refractivity contribution in [3.63, 3.8) is 0 Å². The molecule has 6 nitrogen and oxygen atoms in total. The van der Waals surface area contributed by atoms with Gasteiger partial charge < -0.3 is 10.4 Å². The molecule has 2 aliphatic heterocycles. The van der Waals surface area contributed by atoms with E-state index in [-0.39, 0.29) is 18.5 Å². The molecule has 6 heteroatoms. The van der Waals surface area contributed by atoms with Crippen molar-refractivity contribution < 1.29 is 14.7 Å². The molecule has 3 aliphatic rings. The number of aliphatic hydroxyl groups is 1. The molecule has 1 saturated carbocycles. The highest BCUT2D eigenvalue weighted by Crippen LogP contribution is 2.35. The van der Waals surface area contributed by atoms with Crippen LogP contribution < -0.4 is 5.32 Å². The molecule has 22 heavy (non-hydrogen) atoms. The summed E-state index contributed by atoms with van der Waals surface area (Å²) in [4.78, 5) is 28.5. The number of aliphatic hydroxyl groups excluding tert-OH is 1. The van der Waals surface area contributed by atoms with Crippen molar-refractivity contribution in [3.05, 3.63) is 0 Å². The maximum absolute atomic E-state index is 12.6. The molecule has 0 radical (unpaired) electrons. The largest absolute Gasteiger partial charge is 0.396 e. The average molecular weight is 309 g/mol. The predicted octanol–water partition coefficient (Wildman–Crippen LogP) is 1.09. The fraction of sp³-hybridized carbons (Fsp3) is 0.875. The molecule has 1 aliphatic carbocycles. The predicted molar refractivity (Wildman–Crippen MR) is 82.4 cm³/mol. The van der Waals surface area contributed by atoms with Crippen LogP contribution in [0.5, 0.6) is 0 Å². The van der Waals surface area contributed by atoms with Crippen molar-refractivity contribution in [2.24, 2.45) is 0 Å². The van der Waals surface area contributed by atoms with Crippen LogP contribution in [0.25, 0.3) is 0 Å². The molecule has 0 aromatic heterocycles. The van der Waals surface area contributed by atoms with E-state index < -0.39 is 5.54 Å². The van der Waals surface area contributed by atoms with Gasteiger partial charge in [0.2, 0.25) is 0 Å². The van der Waals surface area contributed by atoms with E-state index in [1.807, 2.05) is 0 Å². The fourth-order valence-corrected chi connectivity index (χ4v) is 4.26. The number of piperidine rings is 1.